The molecule has 25 heavy (non-hydrogen) atoms. The molecule has 0 aliphatic carbocycles. The highest BCUT2D eigenvalue weighted by atomic mass is 79.9. The first kappa shape index (κ1) is 18.1. The van der Waals surface area contributed by atoms with E-state index in [4.69, 9.17) is 0 Å². The number of carbonyl (C=O) groups is 1. The van der Waals surface area contributed by atoms with E-state index in [1.807, 2.05) is 6.07 Å². The van der Waals surface area contributed by atoms with E-state index >= 15 is 0 Å². The molecule has 7 heteroatoms. The number of sulfone groups is 1. The third kappa shape index (κ3) is 3.77. The summed E-state index contributed by atoms with van der Waals surface area (Å²) in [5, 5.41) is -0.682. The van der Waals surface area contributed by atoms with E-state index in [2.05, 4.69) is 15.9 Å². The van der Waals surface area contributed by atoms with Crippen molar-refractivity contribution in [2.24, 2.45) is 0 Å². The highest BCUT2D eigenvalue weighted by molar-refractivity contribution is 9.10. The Balaban J connectivity index is 1.82. The summed E-state index contributed by atoms with van der Waals surface area (Å²) in [6, 6.07) is 11.9. The topological polar surface area (TPSA) is 54.5 Å². The summed E-state index contributed by atoms with van der Waals surface area (Å²) in [6.45, 7) is 0.662. The molecule has 1 heterocycles. The van der Waals surface area contributed by atoms with Gasteiger partial charge in [-0.3, -0.25) is 4.79 Å². The van der Waals surface area contributed by atoms with Crippen molar-refractivity contribution in [3.8, 4) is 0 Å². The Morgan fingerprint density at radius 2 is 1.80 bits per heavy atom. The minimum absolute atomic E-state index is 0.0918. The first-order valence-corrected chi connectivity index (χ1v) is 10.3. The van der Waals surface area contributed by atoms with Crippen LogP contribution in [0, 0.1) is 5.82 Å². The van der Waals surface area contributed by atoms with Crippen molar-refractivity contribution in [1.29, 1.82) is 0 Å². The van der Waals surface area contributed by atoms with Gasteiger partial charge < -0.3 is 4.90 Å². The maximum atomic E-state index is 13.1. The van der Waals surface area contributed by atoms with Crippen molar-refractivity contribution in [3.63, 3.8) is 0 Å². The average Bonchev–Trinajstić information content (AvgIpc) is 2.62. The molecule has 0 N–H and O–H groups in total. The third-order valence-electron chi connectivity index (χ3n) is 4.35. The zero-order chi connectivity index (χ0) is 18.0. The number of piperidine rings is 1. The van der Waals surface area contributed by atoms with Crippen LogP contribution in [0.15, 0.2) is 57.9 Å². The van der Waals surface area contributed by atoms with Crippen LogP contribution in [-0.4, -0.2) is 37.6 Å². The largest absolute Gasteiger partial charge is 0.337 e. The van der Waals surface area contributed by atoms with Gasteiger partial charge in [0.25, 0.3) is 5.91 Å². The maximum absolute atomic E-state index is 13.1. The summed E-state index contributed by atoms with van der Waals surface area (Å²) in [4.78, 5) is 14.4. The molecule has 1 fully saturated rings. The van der Waals surface area contributed by atoms with Crippen LogP contribution in [0.1, 0.15) is 23.2 Å². The molecular formula is C18H17BrFNO3S. The monoisotopic (exact) mass is 425 g/mol. The second-order valence-corrected chi connectivity index (χ2v) is 9.08. The standard InChI is InChI=1S/C18H17BrFNO3S/c19-17-6-2-1-5-16(17)18(22)21-11-3-4-15(12-21)25(23,24)14-9-7-13(20)8-10-14/h1-2,5-10,15H,3-4,11-12H2/t15-/m1/s1. The maximum Gasteiger partial charge on any atom is 0.255 e. The summed E-state index contributed by atoms with van der Waals surface area (Å²) < 4.78 is 39.3. The van der Waals surface area contributed by atoms with Crippen molar-refractivity contribution < 1.29 is 17.6 Å². The SMILES string of the molecule is O=C(c1ccccc1Br)N1CCC[C@@H](S(=O)(=O)c2ccc(F)cc2)C1. The van der Waals surface area contributed by atoms with E-state index < -0.39 is 20.9 Å². The summed E-state index contributed by atoms with van der Waals surface area (Å²) in [5.41, 5.74) is 0.516. The van der Waals surface area contributed by atoms with Crippen molar-refractivity contribution in [2.45, 2.75) is 23.0 Å². The zero-order valence-corrected chi connectivity index (χ0v) is 15.8. The molecule has 1 aliphatic rings. The predicted molar refractivity (Wildman–Crippen MR) is 96.7 cm³/mol. The highest BCUT2D eigenvalue weighted by Gasteiger charge is 2.34. The molecule has 0 saturated carbocycles. The molecule has 1 saturated heterocycles. The van der Waals surface area contributed by atoms with E-state index in [0.29, 0.717) is 29.4 Å². The van der Waals surface area contributed by atoms with Crippen molar-refractivity contribution in [1.82, 2.24) is 4.90 Å². The fraction of sp³-hybridized carbons (Fsp3) is 0.278. The second kappa shape index (κ2) is 7.25. The fourth-order valence-corrected chi connectivity index (χ4v) is 5.21. The lowest BCUT2D eigenvalue weighted by atomic mass is 10.1. The van der Waals surface area contributed by atoms with Crippen LogP contribution < -0.4 is 0 Å². The normalized spacial score (nSPS) is 18.2. The lowest BCUT2D eigenvalue weighted by Gasteiger charge is -2.32. The molecule has 2 aromatic carbocycles. The number of hydrogen-bond acceptors (Lipinski definition) is 3. The summed E-state index contributed by atoms with van der Waals surface area (Å²) in [5.74, 6) is -0.667. The average molecular weight is 426 g/mol. The molecule has 1 aliphatic heterocycles. The Morgan fingerprint density at radius 1 is 1.12 bits per heavy atom. The number of rotatable bonds is 3. The molecule has 3 rings (SSSR count). The molecule has 1 atom stereocenters. The Hall–Kier alpha value is -1.73. The molecule has 0 spiro atoms. The number of carbonyl (C=O) groups excluding carboxylic acids is 1. The third-order valence-corrected chi connectivity index (χ3v) is 7.23. The molecule has 4 nitrogen and oxygen atoms in total. The van der Waals surface area contributed by atoms with Crippen molar-refractivity contribution in [2.75, 3.05) is 13.1 Å². The number of amides is 1. The van der Waals surface area contributed by atoms with Gasteiger partial charge >= 0.3 is 0 Å². The molecule has 1 amide bonds. The van der Waals surface area contributed by atoms with E-state index in [9.17, 15) is 17.6 Å². The van der Waals surface area contributed by atoms with Gasteiger partial charge in [-0.1, -0.05) is 12.1 Å². The van der Waals surface area contributed by atoms with Gasteiger partial charge in [-0.05, 0) is 65.2 Å². The van der Waals surface area contributed by atoms with Gasteiger partial charge in [0, 0.05) is 17.6 Å². The van der Waals surface area contributed by atoms with Gasteiger partial charge in [-0.25, -0.2) is 12.8 Å². The quantitative estimate of drug-likeness (QED) is 0.704. The number of nitrogens with zero attached hydrogens (tertiary/aromatic N) is 1. The van der Waals surface area contributed by atoms with Gasteiger partial charge in [0.05, 0.1) is 15.7 Å². The number of hydrogen-bond donors (Lipinski definition) is 0. The van der Waals surface area contributed by atoms with Crippen molar-refractivity contribution >= 4 is 31.7 Å². The van der Waals surface area contributed by atoms with Gasteiger partial charge in [0.2, 0.25) is 0 Å². The van der Waals surface area contributed by atoms with E-state index in [1.54, 1.807) is 23.1 Å². The minimum Gasteiger partial charge on any atom is -0.337 e. The van der Waals surface area contributed by atoms with Crippen LogP contribution in [0.4, 0.5) is 4.39 Å². The van der Waals surface area contributed by atoms with E-state index in [-0.39, 0.29) is 17.3 Å². The van der Waals surface area contributed by atoms with E-state index in [0.717, 1.165) is 12.1 Å². The van der Waals surface area contributed by atoms with Gasteiger partial charge in [-0.2, -0.15) is 0 Å². The number of benzene rings is 2. The predicted octanol–water partition coefficient (Wildman–Crippen LogP) is 3.67. The Bertz CT molecular complexity index is 883. The number of likely N-dealkylation sites (tertiary alicyclic amines) is 1. The van der Waals surface area contributed by atoms with Crippen LogP contribution in [0.2, 0.25) is 0 Å². The minimum atomic E-state index is -3.61. The van der Waals surface area contributed by atoms with Crippen LogP contribution in [0.25, 0.3) is 0 Å². The van der Waals surface area contributed by atoms with Crippen LogP contribution in [0.3, 0.4) is 0 Å². The summed E-state index contributed by atoms with van der Waals surface area (Å²) in [7, 11) is -3.61. The lowest BCUT2D eigenvalue weighted by molar-refractivity contribution is 0.0726. The fourth-order valence-electron chi connectivity index (χ4n) is 3.00. The van der Waals surface area contributed by atoms with Crippen LogP contribution in [-0.2, 0) is 9.84 Å². The van der Waals surface area contributed by atoms with Crippen molar-refractivity contribution in [3.05, 3.63) is 64.4 Å². The molecule has 132 valence electrons. The van der Waals surface area contributed by atoms with E-state index in [1.165, 1.54) is 12.1 Å². The smallest absolute Gasteiger partial charge is 0.255 e. The van der Waals surface area contributed by atoms with Gasteiger partial charge in [0.15, 0.2) is 9.84 Å². The second-order valence-electron chi connectivity index (χ2n) is 5.99. The molecular weight excluding hydrogens is 409 g/mol. The first-order valence-electron chi connectivity index (χ1n) is 7.93. The number of halogens is 2. The first-order chi connectivity index (χ1) is 11.9. The highest BCUT2D eigenvalue weighted by Crippen LogP contribution is 2.26. The molecule has 2 aromatic rings. The van der Waals surface area contributed by atoms with Crippen LogP contribution >= 0.6 is 15.9 Å². The molecule has 0 unspecified atom stereocenters. The van der Waals surface area contributed by atoms with Crippen LogP contribution in [0.5, 0.6) is 0 Å². The van der Waals surface area contributed by atoms with Gasteiger partial charge in [0.1, 0.15) is 5.82 Å². The molecule has 0 aromatic heterocycles. The lowest BCUT2D eigenvalue weighted by Crippen LogP contribution is -2.45. The Kier molecular flexibility index (Phi) is 5.24. The summed E-state index contributed by atoms with van der Waals surface area (Å²) >= 11 is 3.36. The zero-order valence-electron chi connectivity index (χ0n) is 13.4. The Labute approximate surface area is 154 Å². The molecule has 0 radical (unpaired) electrons. The van der Waals surface area contributed by atoms with Gasteiger partial charge in [-0.15, -0.1) is 0 Å². The summed E-state index contributed by atoms with van der Waals surface area (Å²) in [6.07, 6.45) is 1.10. The molecule has 0 bridgehead atoms. The Morgan fingerprint density at radius 3 is 2.48 bits per heavy atom.